The predicted molar refractivity (Wildman–Crippen MR) is 75.7 cm³/mol. The van der Waals surface area contributed by atoms with Gasteiger partial charge in [0.05, 0.1) is 6.61 Å². The van der Waals surface area contributed by atoms with Gasteiger partial charge in [0.1, 0.15) is 24.4 Å². The molecule has 2 rings (SSSR count). The highest BCUT2D eigenvalue weighted by Crippen LogP contribution is 2.34. The highest BCUT2D eigenvalue weighted by atomic mass is 16.8. The molecule has 0 aromatic rings. The van der Waals surface area contributed by atoms with Gasteiger partial charge in [-0.05, 0) is 12.8 Å². The minimum atomic E-state index is -0.895. The van der Waals surface area contributed by atoms with Gasteiger partial charge in [-0.3, -0.25) is 0 Å². The van der Waals surface area contributed by atoms with Gasteiger partial charge in [-0.2, -0.15) is 0 Å². The van der Waals surface area contributed by atoms with Gasteiger partial charge >= 0.3 is 0 Å². The molecule has 0 aromatic heterocycles. The zero-order valence-electron chi connectivity index (χ0n) is 12.9. The number of methoxy groups -OCH3 is 1. The van der Waals surface area contributed by atoms with Crippen LogP contribution in [0, 0.1) is 0 Å². The van der Waals surface area contributed by atoms with E-state index in [0.717, 1.165) is 19.3 Å². The van der Waals surface area contributed by atoms with E-state index in [2.05, 4.69) is 6.92 Å². The second-order valence-corrected chi connectivity index (χ2v) is 5.79. The average molecular weight is 304 g/mol. The van der Waals surface area contributed by atoms with E-state index in [0.29, 0.717) is 0 Å². The van der Waals surface area contributed by atoms with Crippen LogP contribution in [0.1, 0.15) is 45.4 Å². The summed E-state index contributed by atoms with van der Waals surface area (Å²) in [6.45, 7) is 2.01. The highest BCUT2D eigenvalue weighted by Gasteiger charge is 2.52. The lowest BCUT2D eigenvalue weighted by Crippen LogP contribution is -2.57. The molecule has 0 amide bonds. The van der Waals surface area contributed by atoms with Crippen LogP contribution in [0.25, 0.3) is 0 Å². The molecule has 0 bridgehead atoms. The van der Waals surface area contributed by atoms with Crippen molar-refractivity contribution in [2.45, 2.75) is 82.4 Å². The van der Waals surface area contributed by atoms with Crippen molar-refractivity contribution in [1.29, 1.82) is 0 Å². The van der Waals surface area contributed by atoms with Gasteiger partial charge in [0.25, 0.3) is 0 Å². The van der Waals surface area contributed by atoms with Gasteiger partial charge in [-0.15, -0.1) is 0 Å². The molecule has 2 aliphatic rings. The second kappa shape index (κ2) is 8.41. The Labute approximate surface area is 126 Å². The first kappa shape index (κ1) is 17.1. The Morgan fingerprint density at radius 3 is 2.38 bits per heavy atom. The Morgan fingerprint density at radius 1 is 1.00 bits per heavy atom. The first-order valence-electron chi connectivity index (χ1n) is 7.99. The average Bonchev–Trinajstić information content (AvgIpc) is 2.92. The van der Waals surface area contributed by atoms with E-state index in [4.69, 9.17) is 18.9 Å². The molecule has 0 aromatic carbocycles. The smallest absolute Gasteiger partial charge is 0.186 e. The Kier molecular flexibility index (Phi) is 6.85. The lowest BCUT2D eigenvalue weighted by molar-refractivity contribution is -0.274. The summed E-state index contributed by atoms with van der Waals surface area (Å²) in [6, 6.07) is 0. The third-order valence-electron chi connectivity index (χ3n) is 4.19. The maximum absolute atomic E-state index is 10.2. The minimum absolute atomic E-state index is 0.180. The summed E-state index contributed by atoms with van der Waals surface area (Å²) in [4.78, 5) is 0. The van der Waals surface area contributed by atoms with Gasteiger partial charge in [-0.1, -0.05) is 32.6 Å². The summed E-state index contributed by atoms with van der Waals surface area (Å²) >= 11 is 0. The summed E-state index contributed by atoms with van der Waals surface area (Å²) in [6.07, 6.45) is 3.26. The van der Waals surface area contributed by atoms with Crippen LogP contribution in [0.15, 0.2) is 0 Å². The molecule has 6 heteroatoms. The summed E-state index contributed by atoms with van der Waals surface area (Å²) in [7, 11) is 1.46. The largest absolute Gasteiger partial charge is 0.394 e. The lowest BCUT2D eigenvalue weighted by Gasteiger charge is -2.38. The third-order valence-corrected chi connectivity index (χ3v) is 4.19. The van der Waals surface area contributed by atoms with Crippen molar-refractivity contribution < 1.29 is 29.2 Å². The number of hydrogen-bond donors (Lipinski definition) is 2. The molecule has 124 valence electrons. The van der Waals surface area contributed by atoms with Crippen LogP contribution in [0.2, 0.25) is 0 Å². The van der Waals surface area contributed by atoms with Gasteiger partial charge in [0.2, 0.25) is 0 Å². The van der Waals surface area contributed by atoms with Crippen LogP contribution in [-0.2, 0) is 18.9 Å². The Bertz CT molecular complexity index is 300. The first-order valence-corrected chi connectivity index (χ1v) is 7.99. The molecular weight excluding hydrogens is 276 g/mol. The van der Waals surface area contributed by atoms with Crippen LogP contribution in [0.5, 0.6) is 0 Å². The fourth-order valence-electron chi connectivity index (χ4n) is 2.99. The van der Waals surface area contributed by atoms with Crippen molar-refractivity contribution in [2.24, 2.45) is 0 Å². The van der Waals surface area contributed by atoms with Crippen LogP contribution in [-0.4, -0.2) is 60.9 Å². The fourth-order valence-corrected chi connectivity index (χ4v) is 2.99. The van der Waals surface area contributed by atoms with E-state index in [1.165, 1.54) is 26.4 Å². The molecule has 6 unspecified atom stereocenters. The molecule has 21 heavy (non-hydrogen) atoms. The fraction of sp³-hybridized carbons (Fsp3) is 1.00. The van der Waals surface area contributed by atoms with Gasteiger partial charge in [0.15, 0.2) is 12.6 Å². The SMILES string of the molecule is CCCCCCCC1OC2C(CO)OC(OC)C(O)C2O1. The number of hydrogen-bond acceptors (Lipinski definition) is 6. The van der Waals surface area contributed by atoms with E-state index in [1.54, 1.807) is 0 Å². The zero-order valence-corrected chi connectivity index (χ0v) is 12.9. The van der Waals surface area contributed by atoms with Crippen LogP contribution in [0.3, 0.4) is 0 Å². The molecule has 0 radical (unpaired) electrons. The zero-order chi connectivity index (χ0) is 15.2. The van der Waals surface area contributed by atoms with Crippen molar-refractivity contribution in [3.8, 4) is 0 Å². The molecular formula is C15H28O6. The highest BCUT2D eigenvalue weighted by molar-refractivity contribution is 4.94. The molecule has 6 atom stereocenters. The topological polar surface area (TPSA) is 77.4 Å². The molecule has 6 nitrogen and oxygen atoms in total. The maximum atomic E-state index is 10.2. The van der Waals surface area contributed by atoms with Crippen molar-refractivity contribution in [3.63, 3.8) is 0 Å². The lowest BCUT2D eigenvalue weighted by atomic mass is 9.99. The molecule has 2 aliphatic heterocycles. The second-order valence-electron chi connectivity index (χ2n) is 5.79. The number of rotatable bonds is 8. The Hall–Kier alpha value is -0.240. The van der Waals surface area contributed by atoms with E-state index < -0.39 is 30.7 Å². The van der Waals surface area contributed by atoms with Crippen LogP contribution in [0.4, 0.5) is 0 Å². The number of aliphatic hydroxyl groups is 2. The molecule has 2 fully saturated rings. The van der Waals surface area contributed by atoms with Gasteiger partial charge in [-0.25, -0.2) is 0 Å². The molecule has 2 heterocycles. The molecule has 2 saturated heterocycles. The summed E-state index contributed by atoms with van der Waals surface area (Å²) < 4.78 is 22.2. The van der Waals surface area contributed by atoms with E-state index in [1.807, 2.05) is 0 Å². The van der Waals surface area contributed by atoms with Crippen molar-refractivity contribution >= 4 is 0 Å². The van der Waals surface area contributed by atoms with Gasteiger partial charge in [0, 0.05) is 7.11 Å². The monoisotopic (exact) mass is 304 g/mol. The van der Waals surface area contributed by atoms with Crippen molar-refractivity contribution in [2.75, 3.05) is 13.7 Å². The number of ether oxygens (including phenoxy) is 4. The first-order chi connectivity index (χ1) is 10.2. The van der Waals surface area contributed by atoms with Crippen LogP contribution >= 0.6 is 0 Å². The molecule has 0 saturated carbocycles. The normalized spacial score (nSPS) is 39.4. The molecule has 2 N–H and O–H groups in total. The minimum Gasteiger partial charge on any atom is -0.394 e. The maximum Gasteiger partial charge on any atom is 0.186 e. The Morgan fingerprint density at radius 2 is 1.71 bits per heavy atom. The van der Waals surface area contributed by atoms with E-state index in [9.17, 15) is 10.2 Å². The number of fused-ring (bicyclic) bond motifs is 1. The number of aliphatic hydroxyl groups excluding tert-OH is 2. The standard InChI is InChI=1S/C15H28O6/c1-3-4-5-6-7-8-11-20-13-10(9-16)19-15(18-2)12(17)14(13)21-11/h10-17H,3-9H2,1-2H3. The number of unbranched alkanes of at least 4 members (excludes halogenated alkanes) is 4. The van der Waals surface area contributed by atoms with Gasteiger partial charge < -0.3 is 29.2 Å². The Balaban J connectivity index is 1.82. The summed E-state index contributed by atoms with van der Waals surface area (Å²) in [5, 5.41) is 19.6. The predicted octanol–water partition coefficient (Wildman–Crippen LogP) is 1.18. The van der Waals surface area contributed by atoms with Crippen molar-refractivity contribution in [1.82, 2.24) is 0 Å². The van der Waals surface area contributed by atoms with Crippen LogP contribution < -0.4 is 0 Å². The summed E-state index contributed by atoms with van der Waals surface area (Å²) in [5.74, 6) is 0. The van der Waals surface area contributed by atoms with E-state index in [-0.39, 0.29) is 12.9 Å². The van der Waals surface area contributed by atoms with Crippen molar-refractivity contribution in [3.05, 3.63) is 0 Å². The summed E-state index contributed by atoms with van der Waals surface area (Å²) in [5.41, 5.74) is 0. The van der Waals surface area contributed by atoms with E-state index >= 15 is 0 Å². The third kappa shape index (κ3) is 4.15. The molecule has 0 aliphatic carbocycles. The quantitative estimate of drug-likeness (QED) is 0.656. The molecule has 0 spiro atoms.